The number of benzene rings is 1. The van der Waals surface area contributed by atoms with Gasteiger partial charge in [-0.05, 0) is 77.2 Å². The Bertz CT molecular complexity index is 650. The highest BCUT2D eigenvalue weighted by molar-refractivity contribution is 14.1. The molecule has 0 fully saturated rings. The van der Waals surface area contributed by atoms with Crippen molar-refractivity contribution in [3.63, 3.8) is 0 Å². The highest BCUT2D eigenvalue weighted by Gasteiger charge is 2.30. The summed E-state index contributed by atoms with van der Waals surface area (Å²) in [4.78, 5) is 0. The molecule has 2 heterocycles. The van der Waals surface area contributed by atoms with Gasteiger partial charge < -0.3 is 10.1 Å². The fourth-order valence-electron chi connectivity index (χ4n) is 2.92. The normalized spacial score (nSPS) is 17.3. The predicted molar refractivity (Wildman–Crippen MR) is 97.4 cm³/mol. The number of thiophene rings is 1. The van der Waals surface area contributed by atoms with Crippen molar-refractivity contribution >= 4 is 33.9 Å². The van der Waals surface area contributed by atoms with Crippen LogP contribution in [-0.2, 0) is 6.42 Å². The van der Waals surface area contributed by atoms with Crippen LogP contribution < -0.4 is 10.1 Å². The Balaban J connectivity index is 1.95. The number of ether oxygens (including phenoxy) is 1. The van der Waals surface area contributed by atoms with Gasteiger partial charge in [0.05, 0.1) is 8.93 Å². The molecule has 3 rings (SSSR count). The number of hydrogen-bond acceptors (Lipinski definition) is 3. The highest BCUT2D eigenvalue weighted by atomic mass is 127. The molecule has 2 nitrogen and oxygen atoms in total. The maximum atomic E-state index is 5.98. The lowest BCUT2D eigenvalue weighted by Crippen LogP contribution is -2.24. The molecule has 1 aliphatic heterocycles. The number of hydrogen-bond donors (Lipinski definition) is 1. The Morgan fingerprint density at radius 2 is 2.14 bits per heavy atom. The Hall–Kier alpha value is -0.590. The second-order valence-corrected chi connectivity index (χ2v) is 8.89. The lowest BCUT2D eigenvalue weighted by atomic mass is 9.95. The molecule has 1 unspecified atom stereocenters. The molecule has 1 atom stereocenters. The van der Waals surface area contributed by atoms with Crippen LogP contribution in [-0.4, -0.2) is 12.1 Å². The Morgan fingerprint density at radius 1 is 1.33 bits per heavy atom. The molecule has 0 radical (unpaired) electrons. The highest BCUT2D eigenvalue weighted by Crippen LogP contribution is 2.37. The van der Waals surface area contributed by atoms with Crippen LogP contribution in [0.15, 0.2) is 29.6 Å². The third-order valence-corrected chi connectivity index (χ3v) is 5.56. The minimum absolute atomic E-state index is 0.0770. The van der Waals surface area contributed by atoms with E-state index in [0.29, 0.717) is 0 Å². The van der Waals surface area contributed by atoms with Crippen molar-refractivity contribution in [2.75, 3.05) is 6.54 Å². The minimum Gasteiger partial charge on any atom is -0.487 e. The Kier molecular flexibility index (Phi) is 4.30. The van der Waals surface area contributed by atoms with Crippen molar-refractivity contribution in [3.05, 3.63) is 49.2 Å². The number of fused-ring (bicyclic) bond motifs is 1. The molecule has 0 spiro atoms. The third-order valence-electron chi connectivity index (χ3n) is 3.75. The van der Waals surface area contributed by atoms with Crippen LogP contribution in [0.3, 0.4) is 0 Å². The summed E-state index contributed by atoms with van der Waals surface area (Å²) in [7, 11) is 0. The Morgan fingerprint density at radius 3 is 2.81 bits per heavy atom. The fourth-order valence-corrected chi connectivity index (χ4v) is 4.31. The van der Waals surface area contributed by atoms with Crippen molar-refractivity contribution in [2.45, 2.75) is 38.8 Å². The quantitative estimate of drug-likeness (QED) is 0.730. The topological polar surface area (TPSA) is 21.3 Å². The lowest BCUT2D eigenvalue weighted by molar-refractivity contribution is 0.138. The molecule has 0 saturated carbocycles. The molecule has 2 aromatic rings. The molecule has 0 amide bonds. The van der Waals surface area contributed by atoms with Gasteiger partial charge in [0, 0.05) is 6.42 Å². The lowest BCUT2D eigenvalue weighted by Gasteiger charge is -2.18. The molecular formula is C17H20INOS. The van der Waals surface area contributed by atoms with E-state index in [2.05, 4.69) is 78.3 Å². The summed E-state index contributed by atoms with van der Waals surface area (Å²) >= 11 is 4.19. The molecule has 112 valence electrons. The summed E-state index contributed by atoms with van der Waals surface area (Å²) < 4.78 is 7.31. The van der Waals surface area contributed by atoms with Gasteiger partial charge in [-0.3, -0.25) is 0 Å². The van der Waals surface area contributed by atoms with E-state index in [1.807, 2.05) is 0 Å². The zero-order chi connectivity index (χ0) is 15.0. The van der Waals surface area contributed by atoms with Crippen LogP contribution >= 0.6 is 33.9 Å². The first-order chi connectivity index (χ1) is 9.98. The van der Waals surface area contributed by atoms with Gasteiger partial charge in [0.1, 0.15) is 11.4 Å². The first kappa shape index (κ1) is 15.3. The third kappa shape index (κ3) is 3.27. The van der Waals surface area contributed by atoms with E-state index in [0.717, 1.165) is 18.7 Å². The van der Waals surface area contributed by atoms with Crippen molar-refractivity contribution in [3.8, 4) is 5.75 Å². The standard InChI is InChI=1S/C17H20INOS/c1-4-19-16(13-8-15(18)21-10-13)11-5-6-14-12(7-11)9-17(2,3)20-14/h5-8,10,16,19H,4,9H2,1-3H3. The van der Waals surface area contributed by atoms with E-state index in [4.69, 9.17) is 4.74 Å². The molecule has 1 N–H and O–H groups in total. The van der Waals surface area contributed by atoms with Crippen LogP contribution in [0.2, 0.25) is 0 Å². The fraction of sp³-hybridized carbons (Fsp3) is 0.412. The van der Waals surface area contributed by atoms with Gasteiger partial charge in [-0.1, -0.05) is 19.1 Å². The molecule has 4 heteroatoms. The van der Waals surface area contributed by atoms with Crippen LogP contribution in [0, 0.1) is 2.88 Å². The van der Waals surface area contributed by atoms with E-state index >= 15 is 0 Å². The van der Waals surface area contributed by atoms with E-state index in [9.17, 15) is 0 Å². The summed E-state index contributed by atoms with van der Waals surface area (Å²) in [6.07, 6.45) is 0.982. The van der Waals surface area contributed by atoms with Gasteiger partial charge >= 0.3 is 0 Å². The Labute approximate surface area is 144 Å². The van der Waals surface area contributed by atoms with Gasteiger partial charge in [-0.15, -0.1) is 11.3 Å². The molecule has 0 bridgehead atoms. The summed E-state index contributed by atoms with van der Waals surface area (Å²) in [5, 5.41) is 5.86. The van der Waals surface area contributed by atoms with Gasteiger partial charge in [0.15, 0.2) is 0 Å². The largest absolute Gasteiger partial charge is 0.487 e. The predicted octanol–water partition coefficient (Wildman–Crippen LogP) is 4.77. The van der Waals surface area contributed by atoms with Crippen molar-refractivity contribution in [2.24, 2.45) is 0 Å². The van der Waals surface area contributed by atoms with Gasteiger partial charge in [-0.25, -0.2) is 0 Å². The van der Waals surface area contributed by atoms with Crippen molar-refractivity contribution < 1.29 is 4.74 Å². The first-order valence-electron chi connectivity index (χ1n) is 7.27. The van der Waals surface area contributed by atoms with Crippen LogP contribution in [0.1, 0.15) is 43.5 Å². The molecule has 0 aliphatic carbocycles. The maximum Gasteiger partial charge on any atom is 0.123 e. The molecule has 0 saturated heterocycles. The second-order valence-electron chi connectivity index (χ2n) is 6.08. The van der Waals surface area contributed by atoms with Gasteiger partial charge in [-0.2, -0.15) is 0 Å². The first-order valence-corrected chi connectivity index (χ1v) is 9.23. The summed E-state index contributed by atoms with van der Waals surface area (Å²) in [5.74, 6) is 1.04. The summed E-state index contributed by atoms with van der Waals surface area (Å²) in [5.41, 5.74) is 3.92. The van der Waals surface area contributed by atoms with Crippen LogP contribution in [0.5, 0.6) is 5.75 Å². The monoisotopic (exact) mass is 413 g/mol. The second kappa shape index (κ2) is 5.89. The number of nitrogens with one attached hydrogen (secondary N) is 1. The van der Waals surface area contributed by atoms with Gasteiger partial charge in [0.25, 0.3) is 0 Å². The molecule has 1 aliphatic rings. The van der Waals surface area contributed by atoms with Crippen LogP contribution in [0.4, 0.5) is 0 Å². The van der Waals surface area contributed by atoms with E-state index < -0.39 is 0 Å². The van der Waals surface area contributed by atoms with E-state index in [1.54, 1.807) is 11.3 Å². The molecule has 21 heavy (non-hydrogen) atoms. The molecular weight excluding hydrogens is 393 g/mol. The zero-order valence-electron chi connectivity index (χ0n) is 12.6. The SMILES string of the molecule is CCNC(c1csc(I)c1)c1ccc2c(c1)CC(C)(C)O2. The molecule has 1 aromatic carbocycles. The van der Waals surface area contributed by atoms with Crippen LogP contribution in [0.25, 0.3) is 0 Å². The van der Waals surface area contributed by atoms with Crippen molar-refractivity contribution in [1.82, 2.24) is 5.32 Å². The smallest absolute Gasteiger partial charge is 0.123 e. The average Bonchev–Trinajstić information content (AvgIpc) is 2.96. The minimum atomic E-state index is -0.0770. The van der Waals surface area contributed by atoms with Gasteiger partial charge in [0.2, 0.25) is 0 Å². The maximum absolute atomic E-state index is 5.98. The molecule has 1 aromatic heterocycles. The van der Waals surface area contributed by atoms with E-state index in [-0.39, 0.29) is 11.6 Å². The summed E-state index contributed by atoms with van der Waals surface area (Å²) in [6.45, 7) is 7.41. The number of rotatable bonds is 4. The zero-order valence-corrected chi connectivity index (χ0v) is 15.5. The van der Waals surface area contributed by atoms with E-state index in [1.165, 1.54) is 19.6 Å². The van der Waals surface area contributed by atoms with Crippen molar-refractivity contribution in [1.29, 1.82) is 0 Å². The average molecular weight is 413 g/mol. The summed E-state index contributed by atoms with van der Waals surface area (Å²) in [6, 6.07) is 9.16. The number of halogens is 1.